The van der Waals surface area contributed by atoms with Gasteiger partial charge in [0, 0.05) is 20.1 Å². The van der Waals surface area contributed by atoms with Crippen molar-refractivity contribution >= 4 is 11.5 Å². The third-order valence-corrected chi connectivity index (χ3v) is 6.56. The van der Waals surface area contributed by atoms with Crippen molar-refractivity contribution in [3.8, 4) is 17.6 Å². The van der Waals surface area contributed by atoms with Crippen molar-refractivity contribution < 1.29 is 4.74 Å². The summed E-state index contributed by atoms with van der Waals surface area (Å²) in [5, 5.41) is 3.31. The Bertz CT molecular complexity index is 814. The minimum atomic E-state index is 0.0968. The van der Waals surface area contributed by atoms with Gasteiger partial charge in [-0.1, -0.05) is 18.3 Å². The number of rotatable bonds is 2. The zero-order chi connectivity index (χ0) is 17.1. The summed E-state index contributed by atoms with van der Waals surface area (Å²) in [6, 6.07) is 4.29. The SMILES string of the molecule is CNC1=Nc2cc(C#CCN3CC4(CC4)C3)c(OC)cc2C12CCC2. The maximum absolute atomic E-state index is 5.65. The molecule has 2 heterocycles. The quantitative estimate of drug-likeness (QED) is 0.845. The van der Waals surface area contributed by atoms with Crippen molar-refractivity contribution in [2.24, 2.45) is 10.4 Å². The number of hydrogen-bond donors (Lipinski definition) is 1. The van der Waals surface area contributed by atoms with Crippen molar-refractivity contribution in [2.45, 2.75) is 37.5 Å². The number of nitrogens with zero attached hydrogens (tertiary/aromatic N) is 2. The van der Waals surface area contributed by atoms with Crippen LogP contribution in [0.5, 0.6) is 5.75 Å². The second-order valence-corrected chi connectivity index (χ2v) is 8.16. The van der Waals surface area contributed by atoms with E-state index in [1.807, 2.05) is 7.05 Å². The first-order valence-corrected chi connectivity index (χ1v) is 9.39. The summed E-state index contributed by atoms with van der Waals surface area (Å²) in [5.74, 6) is 8.66. The molecule has 1 saturated heterocycles. The van der Waals surface area contributed by atoms with Gasteiger partial charge in [0.05, 0.1) is 30.3 Å². The molecule has 25 heavy (non-hydrogen) atoms. The number of methoxy groups -OCH3 is 1. The van der Waals surface area contributed by atoms with Gasteiger partial charge in [0.1, 0.15) is 11.6 Å². The normalized spacial score (nSPS) is 23.8. The smallest absolute Gasteiger partial charge is 0.134 e. The minimum Gasteiger partial charge on any atom is -0.495 e. The average molecular weight is 335 g/mol. The van der Waals surface area contributed by atoms with E-state index in [0.717, 1.165) is 29.4 Å². The Morgan fingerprint density at radius 2 is 2.04 bits per heavy atom. The van der Waals surface area contributed by atoms with Gasteiger partial charge in [-0.15, -0.1) is 0 Å². The average Bonchev–Trinajstić information content (AvgIpc) is 3.27. The van der Waals surface area contributed by atoms with E-state index in [0.29, 0.717) is 5.41 Å². The molecule has 5 rings (SSSR count). The highest BCUT2D eigenvalue weighted by Gasteiger charge is 2.51. The summed E-state index contributed by atoms with van der Waals surface area (Å²) in [7, 11) is 3.71. The number of likely N-dealkylation sites (tertiary alicyclic amines) is 1. The second-order valence-electron chi connectivity index (χ2n) is 8.16. The lowest BCUT2D eigenvalue weighted by molar-refractivity contribution is 0.0984. The Hall–Kier alpha value is -1.99. The van der Waals surface area contributed by atoms with E-state index >= 15 is 0 Å². The van der Waals surface area contributed by atoms with Crippen molar-refractivity contribution in [3.63, 3.8) is 0 Å². The van der Waals surface area contributed by atoms with E-state index in [2.05, 4.69) is 34.2 Å². The lowest BCUT2D eigenvalue weighted by Gasteiger charge is -2.40. The molecule has 0 atom stereocenters. The van der Waals surface area contributed by atoms with Gasteiger partial charge in [0.25, 0.3) is 0 Å². The lowest BCUT2D eigenvalue weighted by Crippen LogP contribution is -2.48. The number of hydrogen-bond acceptors (Lipinski definition) is 4. The van der Waals surface area contributed by atoms with Crippen LogP contribution in [-0.2, 0) is 5.41 Å². The maximum atomic E-state index is 5.65. The molecule has 2 aliphatic heterocycles. The maximum Gasteiger partial charge on any atom is 0.134 e. The van der Waals surface area contributed by atoms with Crippen LogP contribution in [0.2, 0.25) is 0 Å². The fraction of sp³-hybridized carbons (Fsp3) is 0.571. The van der Waals surface area contributed by atoms with Gasteiger partial charge in [-0.2, -0.15) is 0 Å². The number of likely N-dealkylation sites (N-methyl/N-ethyl adjacent to an activating group) is 1. The van der Waals surface area contributed by atoms with Crippen LogP contribution in [0.25, 0.3) is 0 Å². The summed E-state index contributed by atoms with van der Waals surface area (Å²) in [6.07, 6.45) is 6.45. The molecule has 1 aromatic rings. The molecule has 0 radical (unpaired) electrons. The molecule has 3 fully saturated rings. The molecule has 0 bridgehead atoms. The van der Waals surface area contributed by atoms with E-state index in [-0.39, 0.29) is 5.41 Å². The van der Waals surface area contributed by atoms with Gasteiger partial charge >= 0.3 is 0 Å². The largest absolute Gasteiger partial charge is 0.495 e. The Morgan fingerprint density at radius 3 is 2.64 bits per heavy atom. The molecular weight excluding hydrogens is 310 g/mol. The Kier molecular flexibility index (Phi) is 3.21. The van der Waals surface area contributed by atoms with Crippen LogP contribution in [0.4, 0.5) is 5.69 Å². The van der Waals surface area contributed by atoms with E-state index < -0.39 is 0 Å². The standard InChI is InChI=1S/C21H25N3O/c1-22-19-21(6-4-7-21)16-12-18(25-2)15(11-17(16)23-19)5-3-10-24-13-20(14-24)8-9-20/h11-12H,4,6-10,13-14H2,1-2H3,(H,22,23). The predicted molar refractivity (Wildman–Crippen MR) is 99.7 cm³/mol. The Balaban J connectivity index is 1.40. The molecule has 4 nitrogen and oxygen atoms in total. The topological polar surface area (TPSA) is 36.9 Å². The summed E-state index contributed by atoms with van der Waals surface area (Å²) in [5.41, 5.74) is 4.12. The van der Waals surface area contributed by atoms with E-state index in [1.54, 1.807) is 7.11 Å². The van der Waals surface area contributed by atoms with E-state index in [4.69, 9.17) is 9.73 Å². The number of aliphatic imine (C=N–C) groups is 1. The zero-order valence-corrected chi connectivity index (χ0v) is 15.1. The molecular formula is C21H25N3O. The van der Waals surface area contributed by atoms with Gasteiger partial charge in [-0.05, 0) is 48.8 Å². The number of benzene rings is 1. The first kappa shape index (κ1) is 15.3. The Labute approximate surface area is 149 Å². The molecule has 4 heteroatoms. The van der Waals surface area contributed by atoms with Gasteiger partial charge in [0.15, 0.2) is 0 Å². The van der Waals surface area contributed by atoms with Crippen molar-refractivity contribution in [1.82, 2.24) is 10.2 Å². The van der Waals surface area contributed by atoms with Crippen LogP contribution in [0.3, 0.4) is 0 Å². The van der Waals surface area contributed by atoms with E-state index in [1.165, 1.54) is 50.8 Å². The third kappa shape index (κ3) is 2.22. The molecule has 2 saturated carbocycles. The summed E-state index contributed by atoms with van der Waals surface area (Å²) in [4.78, 5) is 7.30. The van der Waals surface area contributed by atoms with E-state index in [9.17, 15) is 0 Å². The van der Waals surface area contributed by atoms with Gasteiger partial charge in [0.2, 0.25) is 0 Å². The molecule has 1 N–H and O–H groups in total. The molecule has 0 unspecified atom stereocenters. The molecule has 0 amide bonds. The molecule has 0 aromatic heterocycles. The number of fused-ring (bicyclic) bond motifs is 2. The molecule has 4 aliphatic rings. The number of nitrogens with one attached hydrogen (secondary N) is 1. The Morgan fingerprint density at radius 1 is 1.24 bits per heavy atom. The summed E-state index contributed by atoms with van der Waals surface area (Å²) >= 11 is 0. The van der Waals surface area contributed by atoms with Gasteiger partial charge < -0.3 is 10.1 Å². The third-order valence-electron chi connectivity index (χ3n) is 6.56. The minimum absolute atomic E-state index is 0.0968. The van der Waals surface area contributed by atoms with Gasteiger partial charge in [-0.25, -0.2) is 4.99 Å². The van der Waals surface area contributed by atoms with Crippen molar-refractivity contribution in [2.75, 3.05) is 33.8 Å². The highest BCUT2D eigenvalue weighted by atomic mass is 16.5. The van der Waals surface area contributed by atoms with Gasteiger partial charge in [-0.3, -0.25) is 4.90 Å². The monoisotopic (exact) mass is 335 g/mol. The fourth-order valence-corrected chi connectivity index (χ4v) is 4.75. The lowest BCUT2D eigenvalue weighted by atomic mass is 9.64. The summed E-state index contributed by atoms with van der Waals surface area (Å²) in [6.45, 7) is 3.33. The van der Waals surface area contributed by atoms with Crippen LogP contribution < -0.4 is 10.1 Å². The van der Waals surface area contributed by atoms with Crippen LogP contribution >= 0.6 is 0 Å². The first-order valence-electron chi connectivity index (χ1n) is 9.39. The van der Waals surface area contributed by atoms with Crippen LogP contribution in [-0.4, -0.2) is 44.5 Å². The second kappa shape index (κ2) is 5.25. The van der Waals surface area contributed by atoms with Crippen LogP contribution in [0, 0.1) is 17.3 Å². The molecule has 2 aliphatic carbocycles. The molecule has 1 aromatic carbocycles. The molecule has 130 valence electrons. The highest BCUT2D eigenvalue weighted by molar-refractivity contribution is 6.01. The van der Waals surface area contributed by atoms with Crippen LogP contribution in [0.15, 0.2) is 17.1 Å². The van der Waals surface area contributed by atoms with Crippen molar-refractivity contribution in [3.05, 3.63) is 23.3 Å². The molecule has 2 spiro atoms. The highest BCUT2D eigenvalue weighted by Crippen LogP contribution is 2.53. The number of ether oxygens (including phenoxy) is 1. The zero-order valence-electron chi connectivity index (χ0n) is 15.1. The predicted octanol–water partition coefficient (Wildman–Crippen LogP) is 2.83. The fourth-order valence-electron chi connectivity index (χ4n) is 4.75. The van der Waals surface area contributed by atoms with Crippen molar-refractivity contribution in [1.29, 1.82) is 0 Å². The van der Waals surface area contributed by atoms with Crippen LogP contribution in [0.1, 0.15) is 43.2 Å². The first-order chi connectivity index (χ1) is 12.2. The number of amidine groups is 1. The summed E-state index contributed by atoms with van der Waals surface area (Å²) < 4.78 is 5.65.